The molecule has 0 bridgehead atoms. The third kappa shape index (κ3) is 5.43. The Bertz CT molecular complexity index is 511. The number of nitrogens with zero attached hydrogens (tertiary/aromatic N) is 1. The molecule has 7 heteroatoms. The van der Waals surface area contributed by atoms with Crippen LogP contribution in [0.5, 0.6) is 0 Å². The Morgan fingerprint density at radius 1 is 1.38 bits per heavy atom. The van der Waals surface area contributed by atoms with Gasteiger partial charge < -0.3 is 14.5 Å². The number of sulfonamides is 1. The van der Waals surface area contributed by atoms with Gasteiger partial charge in [-0.15, -0.1) is 0 Å². The van der Waals surface area contributed by atoms with Gasteiger partial charge in [-0.05, 0) is 18.1 Å². The van der Waals surface area contributed by atoms with E-state index in [0.717, 1.165) is 0 Å². The number of furan rings is 1. The van der Waals surface area contributed by atoms with Gasteiger partial charge in [0.25, 0.3) is 10.0 Å². The maximum atomic E-state index is 12.5. The fourth-order valence-electron chi connectivity index (χ4n) is 1.91. The molecule has 0 radical (unpaired) electrons. The molecule has 0 amide bonds. The number of methoxy groups -OCH3 is 1. The topological polar surface area (TPSA) is 71.8 Å². The third-order valence-corrected chi connectivity index (χ3v) is 4.75. The van der Waals surface area contributed by atoms with Crippen molar-refractivity contribution in [2.24, 2.45) is 5.92 Å². The number of hydrogen-bond acceptors (Lipinski definition) is 5. The van der Waals surface area contributed by atoms with Crippen LogP contribution in [0, 0.1) is 5.92 Å². The molecule has 1 N–H and O–H groups in total. The van der Waals surface area contributed by atoms with Gasteiger partial charge in [0.15, 0.2) is 0 Å². The number of nitrogens with one attached hydrogen (secondary N) is 1. The predicted molar refractivity (Wildman–Crippen MR) is 81.6 cm³/mol. The van der Waals surface area contributed by atoms with Gasteiger partial charge in [0.05, 0.1) is 13.2 Å². The standard InChI is InChI=1S/C14H26N2O4S/c1-5-16(11-12(2)3)21(17,18)14-7-6-13(20-14)10-15-8-9-19-4/h6-7,12,15H,5,8-11H2,1-4H3. The lowest BCUT2D eigenvalue weighted by Crippen LogP contribution is -2.33. The van der Waals surface area contributed by atoms with E-state index < -0.39 is 10.0 Å². The molecule has 21 heavy (non-hydrogen) atoms. The van der Waals surface area contributed by atoms with Crippen molar-refractivity contribution in [1.82, 2.24) is 9.62 Å². The molecule has 0 saturated heterocycles. The molecule has 0 atom stereocenters. The average molecular weight is 318 g/mol. The lowest BCUT2D eigenvalue weighted by molar-refractivity contribution is 0.198. The molecule has 1 heterocycles. The van der Waals surface area contributed by atoms with Crippen molar-refractivity contribution < 1.29 is 17.6 Å². The number of ether oxygens (including phenoxy) is 1. The zero-order valence-electron chi connectivity index (χ0n) is 13.3. The van der Waals surface area contributed by atoms with Crippen molar-refractivity contribution in [3.05, 3.63) is 17.9 Å². The Morgan fingerprint density at radius 3 is 2.67 bits per heavy atom. The van der Waals surface area contributed by atoms with Crippen molar-refractivity contribution in [1.29, 1.82) is 0 Å². The molecule has 1 rings (SSSR count). The van der Waals surface area contributed by atoms with Crippen molar-refractivity contribution in [2.75, 3.05) is 33.4 Å². The van der Waals surface area contributed by atoms with Crippen molar-refractivity contribution in [3.8, 4) is 0 Å². The highest BCUT2D eigenvalue weighted by Crippen LogP contribution is 2.19. The molecule has 0 aliphatic rings. The molecular formula is C14H26N2O4S. The van der Waals surface area contributed by atoms with Crippen LogP contribution in [0.3, 0.4) is 0 Å². The van der Waals surface area contributed by atoms with Crippen LogP contribution in [0.25, 0.3) is 0 Å². The number of rotatable bonds is 10. The molecule has 0 aliphatic heterocycles. The van der Waals surface area contributed by atoms with E-state index in [9.17, 15) is 8.42 Å². The highest BCUT2D eigenvalue weighted by Gasteiger charge is 2.26. The van der Waals surface area contributed by atoms with Gasteiger partial charge in [-0.2, -0.15) is 4.31 Å². The molecule has 0 fully saturated rings. The lowest BCUT2D eigenvalue weighted by Gasteiger charge is -2.20. The Balaban J connectivity index is 2.73. The summed E-state index contributed by atoms with van der Waals surface area (Å²) in [4.78, 5) is 0. The maximum absolute atomic E-state index is 12.5. The van der Waals surface area contributed by atoms with E-state index in [0.29, 0.717) is 38.5 Å². The molecule has 6 nitrogen and oxygen atoms in total. The summed E-state index contributed by atoms with van der Waals surface area (Å²) in [6.45, 7) is 8.50. The Labute approximate surface area is 127 Å². The molecule has 0 saturated carbocycles. The fourth-order valence-corrected chi connectivity index (χ4v) is 3.45. The van der Waals surface area contributed by atoms with Gasteiger partial charge in [-0.1, -0.05) is 20.8 Å². The second kappa shape index (κ2) is 8.53. The van der Waals surface area contributed by atoms with Crippen molar-refractivity contribution in [3.63, 3.8) is 0 Å². The molecule has 0 aromatic carbocycles. The van der Waals surface area contributed by atoms with Gasteiger partial charge in [0.1, 0.15) is 5.76 Å². The summed E-state index contributed by atoms with van der Waals surface area (Å²) in [5.41, 5.74) is 0. The Hall–Kier alpha value is -0.890. The second-order valence-corrected chi connectivity index (χ2v) is 7.11. The van der Waals surface area contributed by atoms with E-state index in [1.807, 2.05) is 20.8 Å². The van der Waals surface area contributed by atoms with E-state index in [4.69, 9.17) is 9.15 Å². The largest absolute Gasteiger partial charge is 0.447 e. The zero-order valence-corrected chi connectivity index (χ0v) is 14.1. The fraction of sp³-hybridized carbons (Fsp3) is 0.714. The monoisotopic (exact) mass is 318 g/mol. The van der Waals surface area contributed by atoms with Gasteiger partial charge in [-0.25, -0.2) is 8.42 Å². The van der Waals surface area contributed by atoms with Crippen LogP contribution in [0.15, 0.2) is 21.6 Å². The molecule has 0 unspecified atom stereocenters. The summed E-state index contributed by atoms with van der Waals surface area (Å²) in [5.74, 6) is 0.871. The van der Waals surface area contributed by atoms with E-state index in [2.05, 4.69) is 5.32 Å². The molecular weight excluding hydrogens is 292 g/mol. The third-order valence-electron chi connectivity index (χ3n) is 2.93. The van der Waals surface area contributed by atoms with E-state index >= 15 is 0 Å². The summed E-state index contributed by atoms with van der Waals surface area (Å²) < 4.78 is 36.8. The summed E-state index contributed by atoms with van der Waals surface area (Å²) in [6.07, 6.45) is 0. The highest BCUT2D eigenvalue weighted by molar-refractivity contribution is 7.89. The van der Waals surface area contributed by atoms with Gasteiger partial charge >= 0.3 is 0 Å². The van der Waals surface area contributed by atoms with E-state index in [1.54, 1.807) is 13.2 Å². The van der Waals surface area contributed by atoms with Crippen LogP contribution in [0.4, 0.5) is 0 Å². The van der Waals surface area contributed by atoms with Crippen LogP contribution in [-0.2, 0) is 21.3 Å². The first-order valence-corrected chi connectivity index (χ1v) is 8.64. The Kier molecular flexibility index (Phi) is 7.37. The predicted octanol–water partition coefficient (Wildman–Crippen LogP) is 1.68. The zero-order chi connectivity index (χ0) is 15.9. The minimum atomic E-state index is -3.55. The molecule has 0 spiro atoms. The van der Waals surface area contributed by atoms with Gasteiger partial charge in [0.2, 0.25) is 5.09 Å². The van der Waals surface area contributed by atoms with Crippen molar-refractivity contribution in [2.45, 2.75) is 32.4 Å². The van der Waals surface area contributed by atoms with Crippen LogP contribution >= 0.6 is 0 Å². The summed E-state index contributed by atoms with van der Waals surface area (Å²) in [5, 5.41) is 3.12. The van der Waals surface area contributed by atoms with E-state index in [1.165, 1.54) is 10.4 Å². The average Bonchev–Trinajstić information content (AvgIpc) is 2.90. The molecule has 0 aliphatic carbocycles. The molecule has 1 aromatic heterocycles. The quantitative estimate of drug-likeness (QED) is 0.665. The first-order valence-electron chi connectivity index (χ1n) is 7.20. The van der Waals surface area contributed by atoms with Crippen LogP contribution in [0.2, 0.25) is 0 Å². The summed E-state index contributed by atoms with van der Waals surface area (Å²) in [7, 11) is -1.91. The number of hydrogen-bond donors (Lipinski definition) is 1. The summed E-state index contributed by atoms with van der Waals surface area (Å²) in [6, 6.07) is 3.21. The first-order chi connectivity index (χ1) is 9.91. The van der Waals surface area contributed by atoms with Crippen LogP contribution in [-0.4, -0.2) is 46.1 Å². The van der Waals surface area contributed by atoms with Gasteiger partial charge in [-0.3, -0.25) is 0 Å². The van der Waals surface area contributed by atoms with E-state index in [-0.39, 0.29) is 11.0 Å². The van der Waals surface area contributed by atoms with Crippen LogP contribution < -0.4 is 5.32 Å². The molecule has 1 aromatic rings. The minimum absolute atomic E-state index is 0.00791. The minimum Gasteiger partial charge on any atom is -0.447 e. The highest BCUT2D eigenvalue weighted by atomic mass is 32.2. The second-order valence-electron chi connectivity index (χ2n) is 5.24. The van der Waals surface area contributed by atoms with Crippen LogP contribution in [0.1, 0.15) is 26.5 Å². The van der Waals surface area contributed by atoms with Crippen molar-refractivity contribution >= 4 is 10.0 Å². The lowest BCUT2D eigenvalue weighted by atomic mass is 10.2. The SMILES string of the molecule is CCN(CC(C)C)S(=O)(=O)c1ccc(CNCCOC)o1. The van der Waals surface area contributed by atoms with Gasteiger partial charge in [0, 0.05) is 26.7 Å². The maximum Gasteiger partial charge on any atom is 0.276 e. The normalized spacial score (nSPS) is 12.5. The smallest absolute Gasteiger partial charge is 0.276 e. The first kappa shape index (κ1) is 18.2. The Morgan fingerprint density at radius 2 is 2.10 bits per heavy atom. The molecule has 122 valence electrons. The summed E-state index contributed by atoms with van der Waals surface area (Å²) >= 11 is 0.